The Bertz CT molecular complexity index is 647. The Morgan fingerprint density at radius 1 is 1.43 bits per heavy atom. The molecule has 0 radical (unpaired) electrons. The summed E-state index contributed by atoms with van der Waals surface area (Å²) >= 11 is 0. The molecule has 1 aliphatic carbocycles. The summed E-state index contributed by atoms with van der Waals surface area (Å²) in [5.74, 6) is 0.739. The molecule has 2 atom stereocenters. The van der Waals surface area contributed by atoms with Gasteiger partial charge in [-0.15, -0.1) is 0 Å². The lowest BCUT2D eigenvalue weighted by Gasteiger charge is -2.26. The number of hydrogen-bond donors (Lipinski definition) is 1. The van der Waals surface area contributed by atoms with E-state index in [-0.39, 0.29) is 5.56 Å². The molecule has 112 valence electrons. The fourth-order valence-corrected chi connectivity index (χ4v) is 3.58. The van der Waals surface area contributed by atoms with Crippen LogP contribution in [0.5, 0.6) is 0 Å². The van der Waals surface area contributed by atoms with Crippen LogP contribution in [0.2, 0.25) is 0 Å². The maximum atomic E-state index is 11.2. The number of fused-ring (bicyclic) bond motifs is 1. The molecule has 0 saturated heterocycles. The molecule has 3 rings (SSSR count). The number of carboxylic acid groups (broad SMARTS) is 1. The predicted molar refractivity (Wildman–Crippen MR) is 82.4 cm³/mol. The van der Waals surface area contributed by atoms with Crippen LogP contribution >= 0.6 is 0 Å². The zero-order chi connectivity index (χ0) is 14.8. The van der Waals surface area contributed by atoms with Crippen LogP contribution in [0.15, 0.2) is 24.5 Å². The number of aromatic carboxylic acids is 1. The summed E-state index contributed by atoms with van der Waals surface area (Å²) in [4.78, 5) is 15.5. The summed E-state index contributed by atoms with van der Waals surface area (Å²) in [5, 5.41) is 9.21. The summed E-state index contributed by atoms with van der Waals surface area (Å²) in [6, 6.07) is 5.37. The van der Waals surface area contributed by atoms with Crippen LogP contribution in [-0.4, -0.2) is 20.6 Å². The summed E-state index contributed by atoms with van der Waals surface area (Å²) in [6.07, 6.45) is 8.31. The Hall–Kier alpha value is -1.84. The van der Waals surface area contributed by atoms with Gasteiger partial charge in [0, 0.05) is 6.54 Å². The maximum Gasteiger partial charge on any atom is 0.337 e. The minimum absolute atomic E-state index is 0.289. The lowest BCUT2D eigenvalue weighted by atomic mass is 9.81. The number of hydrogen-bond acceptors (Lipinski definition) is 2. The number of aromatic nitrogens is 2. The first-order valence-electron chi connectivity index (χ1n) is 7.82. The van der Waals surface area contributed by atoms with Crippen molar-refractivity contribution in [2.75, 3.05) is 0 Å². The van der Waals surface area contributed by atoms with E-state index < -0.39 is 5.97 Å². The average Bonchev–Trinajstić information content (AvgIpc) is 2.88. The Kier molecular flexibility index (Phi) is 3.95. The molecule has 21 heavy (non-hydrogen) atoms. The highest BCUT2D eigenvalue weighted by molar-refractivity contribution is 6.00. The van der Waals surface area contributed by atoms with E-state index in [4.69, 9.17) is 0 Å². The third-order valence-electron chi connectivity index (χ3n) is 4.70. The van der Waals surface area contributed by atoms with Gasteiger partial charge in [-0.1, -0.05) is 32.3 Å². The van der Waals surface area contributed by atoms with Crippen LogP contribution in [0.3, 0.4) is 0 Å². The molecule has 4 nitrogen and oxygen atoms in total. The van der Waals surface area contributed by atoms with Gasteiger partial charge >= 0.3 is 5.97 Å². The predicted octanol–water partition coefficient (Wildman–Crippen LogP) is 3.95. The van der Waals surface area contributed by atoms with Crippen LogP contribution in [0, 0.1) is 11.8 Å². The van der Waals surface area contributed by atoms with E-state index in [1.165, 1.54) is 25.7 Å². The summed E-state index contributed by atoms with van der Waals surface area (Å²) < 4.78 is 2.10. The Morgan fingerprint density at radius 2 is 2.29 bits per heavy atom. The maximum absolute atomic E-state index is 11.2. The van der Waals surface area contributed by atoms with E-state index in [9.17, 15) is 9.90 Å². The van der Waals surface area contributed by atoms with Crippen molar-refractivity contribution in [3.8, 4) is 0 Å². The highest BCUT2D eigenvalue weighted by atomic mass is 16.4. The molecule has 0 amide bonds. The lowest BCUT2D eigenvalue weighted by Crippen LogP contribution is -2.15. The molecule has 0 bridgehead atoms. The molecule has 1 aromatic heterocycles. The molecule has 0 spiro atoms. The van der Waals surface area contributed by atoms with Gasteiger partial charge in [0.2, 0.25) is 0 Å². The molecular formula is C17H22N2O2. The van der Waals surface area contributed by atoms with Crippen molar-refractivity contribution in [2.24, 2.45) is 11.8 Å². The minimum atomic E-state index is -0.910. The third kappa shape index (κ3) is 2.94. The van der Waals surface area contributed by atoms with Gasteiger partial charge in [-0.3, -0.25) is 0 Å². The topological polar surface area (TPSA) is 55.1 Å². The quantitative estimate of drug-likeness (QED) is 0.925. The van der Waals surface area contributed by atoms with Gasteiger partial charge in [-0.2, -0.15) is 0 Å². The molecule has 1 heterocycles. The van der Waals surface area contributed by atoms with E-state index in [1.807, 2.05) is 6.07 Å². The second kappa shape index (κ2) is 5.88. The van der Waals surface area contributed by atoms with Gasteiger partial charge < -0.3 is 9.67 Å². The second-order valence-corrected chi connectivity index (χ2v) is 6.34. The molecule has 2 unspecified atom stereocenters. The first-order chi connectivity index (χ1) is 10.1. The van der Waals surface area contributed by atoms with Gasteiger partial charge in [-0.05, 0) is 36.8 Å². The number of para-hydroxylation sites is 1. The third-order valence-corrected chi connectivity index (χ3v) is 4.70. The SMILES string of the molecule is CC1CCCC(CCn2cnc3c(C(=O)O)cccc32)C1. The van der Waals surface area contributed by atoms with Gasteiger partial charge in [0.05, 0.1) is 17.4 Å². The fourth-order valence-electron chi connectivity index (χ4n) is 3.58. The first-order valence-corrected chi connectivity index (χ1v) is 7.82. The Labute approximate surface area is 124 Å². The van der Waals surface area contributed by atoms with E-state index in [0.717, 1.165) is 30.3 Å². The lowest BCUT2D eigenvalue weighted by molar-refractivity contribution is 0.0699. The Morgan fingerprint density at radius 3 is 3.05 bits per heavy atom. The average molecular weight is 286 g/mol. The zero-order valence-corrected chi connectivity index (χ0v) is 12.5. The summed E-state index contributed by atoms with van der Waals surface area (Å²) in [6.45, 7) is 3.27. The number of nitrogens with zero attached hydrogens (tertiary/aromatic N) is 2. The van der Waals surface area contributed by atoms with Crippen molar-refractivity contribution in [3.05, 3.63) is 30.1 Å². The molecular weight excluding hydrogens is 264 g/mol. The number of imidazole rings is 1. The molecule has 1 aromatic carbocycles. The normalized spacial score (nSPS) is 22.5. The van der Waals surface area contributed by atoms with Gasteiger partial charge in [0.15, 0.2) is 0 Å². The van der Waals surface area contributed by atoms with Gasteiger partial charge in [0.1, 0.15) is 5.52 Å². The van der Waals surface area contributed by atoms with Crippen LogP contribution in [-0.2, 0) is 6.54 Å². The van der Waals surface area contributed by atoms with E-state index >= 15 is 0 Å². The molecule has 1 fully saturated rings. The first kappa shape index (κ1) is 14.1. The molecule has 0 aliphatic heterocycles. The number of carboxylic acids is 1. The highest BCUT2D eigenvalue weighted by Gasteiger charge is 2.19. The van der Waals surface area contributed by atoms with Crippen molar-refractivity contribution in [2.45, 2.75) is 45.6 Å². The van der Waals surface area contributed by atoms with Crippen LogP contribution < -0.4 is 0 Å². The fraction of sp³-hybridized carbons (Fsp3) is 0.529. The van der Waals surface area contributed by atoms with Gasteiger partial charge in [0.25, 0.3) is 0 Å². The monoisotopic (exact) mass is 286 g/mol. The van der Waals surface area contributed by atoms with Crippen molar-refractivity contribution in [3.63, 3.8) is 0 Å². The largest absolute Gasteiger partial charge is 0.478 e. The Balaban J connectivity index is 1.75. The zero-order valence-electron chi connectivity index (χ0n) is 12.5. The molecule has 4 heteroatoms. The van der Waals surface area contributed by atoms with Crippen molar-refractivity contribution in [1.82, 2.24) is 9.55 Å². The van der Waals surface area contributed by atoms with Crippen LogP contribution in [0.1, 0.15) is 49.4 Å². The van der Waals surface area contributed by atoms with Crippen molar-refractivity contribution >= 4 is 17.0 Å². The van der Waals surface area contributed by atoms with Crippen molar-refractivity contribution < 1.29 is 9.90 Å². The minimum Gasteiger partial charge on any atom is -0.478 e. The summed E-state index contributed by atoms with van der Waals surface area (Å²) in [5.41, 5.74) is 1.82. The van der Waals surface area contributed by atoms with Crippen molar-refractivity contribution in [1.29, 1.82) is 0 Å². The highest BCUT2D eigenvalue weighted by Crippen LogP contribution is 2.31. The van der Waals surface area contributed by atoms with E-state index in [2.05, 4.69) is 16.5 Å². The summed E-state index contributed by atoms with van der Waals surface area (Å²) in [7, 11) is 0. The number of rotatable bonds is 4. The molecule has 1 aliphatic rings. The second-order valence-electron chi connectivity index (χ2n) is 6.34. The smallest absolute Gasteiger partial charge is 0.337 e. The number of benzene rings is 1. The van der Waals surface area contributed by atoms with Crippen LogP contribution in [0.25, 0.3) is 11.0 Å². The molecule has 1 N–H and O–H groups in total. The van der Waals surface area contributed by atoms with Crippen LogP contribution in [0.4, 0.5) is 0 Å². The van der Waals surface area contributed by atoms with E-state index in [1.54, 1.807) is 18.5 Å². The van der Waals surface area contributed by atoms with Gasteiger partial charge in [-0.25, -0.2) is 9.78 Å². The number of carbonyl (C=O) groups is 1. The van der Waals surface area contributed by atoms with E-state index in [0.29, 0.717) is 5.52 Å². The molecule has 2 aromatic rings. The standard InChI is InChI=1S/C17H22N2O2/c1-12-4-2-5-13(10-12)8-9-19-11-18-16-14(17(20)21)6-3-7-15(16)19/h3,6-7,11-13H,2,4-5,8-10H2,1H3,(H,20,21). The molecule has 1 saturated carbocycles. The number of aryl methyl sites for hydroxylation is 1.